The van der Waals surface area contributed by atoms with Crippen LogP contribution in [0, 0.1) is 0 Å². The maximum absolute atomic E-state index is 13.0. The molecule has 2 heterocycles. The molecule has 0 aliphatic carbocycles. The fourth-order valence-corrected chi connectivity index (χ4v) is 5.95. The Kier molecular flexibility index (Phi) is 7.73. The highest BCUT2D eigenvalue weighted by molar-refractivity contribution is 8.18. The number of carbonyl (C=O) groups is 3. The van der Waals surface area contributed by atoms with Gasteiger partial charge in [0.2, 0.25) is 5.91 Å². The lowest BCUT2D eigenvalue weighted by Gasteiger charge is -2.36. The summed E-state index contributed by atoms with van der Waals surface area (Å²) in [5.41, 5.74) is 3.00. The van der Waals surface area contributed by atoms with Gasteiger partial charge in [-0.05, 0) is 64.0 Å². The molecule has 0 atom stereocenters. The number of ether oxygens (including phenoxy) is 1. The van der Waals surface area contributed by atoms with Crippen LogP contribution in [-0.4, -0.2) is 59.6 Å². The highest BCUT2D eigenvalue weighted by Gasteiger charge is 2.37. The normalized spacial score (nSPS) is 16.6. The van der Waals surface area contributed by atoms with Crippen molar-refractivity contribution in [1.82, 2.24) is 9.80 Å². The number of imide groups is 1. The largest absolute Gasteiger partial charge is 0.489 e. The van der Waals surface area contributed by atoms with E-state index >= 15 is 0 Å². The van der Waals surface area contributed by atoms with Gasteiger partial charge in [0.05, 0.1) is 4.91 Å². The Balaban J connectivity index is 1.04. The lowest BCUT2D eigenvalue weighted by molar-refractivity contribution is -0.136. The van der Waals surface area contributed by atoms with Crippen molar-refractivity contribution in [3.8, 4) is 5.75 Å². The van der Waals surface area contributed by atoms with E-state index in [9.17, 15) is 14.4 Å². The smallest absolute Gasteiger partial charge is 0.294 e. The number of nitrogens with zero attached hydrogens (tertiary/aromatic N) is 3. The Morgan fingerprint density at radius 3 is 2.29 bits per heavy atom. The minimum Gasteiger partial charge on any atom is -0.489 e. The van der Waals surface area contributed by atoms with Crippen LogP contribution in [0.4, 0.5) is 10.5 Å². The van der Waals surface area contributed by atoms with E-state index < -0.39 is 11.1 Å². The SMILES string of the molecule is O=C(CN1C(=O)S/C(=C/c2ccc(OCc3cccc4ccccc34)cc2)C1=O)N1CCN(c2ccccc2)CC1. The summed E-state index contributed by atoms with van der Waals surface area (Å²) in [7, 11) is 0. The number of thioether (sulfide) groups is 1. The first-order valence-corrected chi connectivity index (χ1v) is 14.4. The van der Waals surface area contributed by atoms with Crippen molar-refractivity contribution in [1.29, 1.82) is 0 Å². The Bertz CT molecular complexity index is 1610. The van der Waals surface area contributed by atoms with Crippen molar-refractivity contribution >= 4 is 51.4 Å². The van der Waals surface area contributed by atoms with Gasteiger partial charge in [0.25, 0.3) is 11.1 Å². The van der Waals surface area contributed by atoms with Crippen LogP contribution in [0.25, 0.3) is 16.8 Å². The molecule has 0 N–H and O–H groups in total. The third kappa shape index (κ3) is 5.98. The average molecular weight is 564 g/mol. The number of rotatable bonds is 7. The highest BCUT2D eigenvalue weighted by Crippen LogP contribution is 2.32. The van der Waals surface area contributed by atoms with Crippen LogP contribution in [0.2, 0.25) is 0 Å². The van der Waals surface area contributed by atoms with Crippen LogP contribution in [0.3, 0.4) is 0 Å². The molecule has 7 nitrogen and oxygen atoms in total. The van der Waals surface area contributed by atoms with E-state index in [2.05, 4.69) is 41.3 Å². The number of piperazine rings is 1. The summed E-state index contributed by atoms with van der Waals surface area (Å²) in [5, 5.41) is 1.91. The lowest BCUT2D eigenvalue weighted by atomic mass is 10.1. The third-order valence-corrected chi connectivity index (χ3v) is 8.28. The summed E-state index contributed by atoms with van der Waals surface area (Å²) in [6.45, 7) is 2.71. The van der Waals surface area contributed by atoms with Gasteiger partial charge in [-0.1, -0.05) is 72.8 Å². The number of hydrogen-bond donors (Lipinski definition) is 0. The zero-order valence-corrected chi connectivity index (χ0v) is 23.3. The number of amides is 3. The molecule has 2 saturated heterocycles. The molecule has 0 radical (unpaired) electrons. The van der Waals surface area contributed by atoms with Gasteiger partial charge in [0.1, 0.15) is 18.9 Å². The molecule has 41 heavy (non-hydrogen) atoms. The lowest BCUT2D eigenvalue weighted by Crippen LogP contribution is -2.51. The summed E-state index contributed by atoms with van der Waals surface area (Å²) < 4.78 is 6.01. The van der Waals surface area contributed by atoms with E-state index in [4.69, 9.17) is 4.74 Å². The van der Waals surface area contributed by atoms with Crippen molar-refractivity contribution < 1.29 is 19.1 Å². The summed E-state index contributed by atoms with van der Waals surface area (Å²) in [6, 6.07) is 31.8. The minimum absolute atomic E-state index is 0.214. The molecule has 3 amide bonds. The van der Waals surface area contributed by atoms with Gasteiger partial charge in [-0.3, -0.25) is 19.3 Å². The van der Waals surface area contributed by atoms with Crippen molar-refractivity contribution in [3.05, 3.63) is 113 Å². The molecular formula is C33H29N3O4S. The number of hydrogen-bond acceptors (Lipinski definition) is 6. The second-order valence-electron chi connectivity index (χ2n) is 9.97. The van der Waals surface area contributed by atoms with Gasteiger partial charge in [-0.25, -0.2) is 0 Å². The van der Waals surface area contributed by atoms with Gasteiger partial charge >= 0.3 is 0 Å². The van der Waals surface area contributed by atoms with Crippen LogP contribution < -0.4 is 9.64 Å². The van der Waals surface area contributed by atoms with Gasteiger partial charge in [-0.2, -0.15) is 0 Å². The van der Waals surface area contributed by atoms with Gasteiger partial charge < -0.3 is 14.5 Å². The van der Waals surface area contributed by atoms with Crippen molar-refractivity contribution in [3.63, 3.8) is 0 Å². The molecule has 0 unspecified atom stereocenters. The number of para-hydroxylation sites is 1. The molecule has 6 rings (SSSR count). The third-order valence-electron chi connectivity index (χ3n) is 7.37. The van der Waals surface area contributed by atoms with E-state index in [-0.39, 0.29) is 12.5 Å². The van der Waals surface area contributed by atoms with Crippen molar-refractivity contribution in [2.45, 2.75) is 6.61 Å². The maximum Gasteiger partial charge on any atom is 0.294 e. The van der Waals surface area contributed by atoms with E-state index in [0.29, 0.717) is 43.4 Å². The Labute approximate surface area is 243 Å². The summed E-state index contributed by atoms with van der Waals surface area (Å²) in [4.78, 5) is 43.9. The molecule has 2 aliphatic rings. The van der Waals surface area contributed by atoms with E-state index in [0.717, 1.165) is 38.9 Å². The highest BCUT2D eigenvalue weighted by atomic mass is 32.2. The molecule has 4 aromatic rings. The van der Waals surface area contributed by atoms with E-state index in [1.165, 1.54) is 5.39 Å². The molecule has 8 heteroatoms. The molecule has 2 fully saturated rings. The quantitative estimate of drug-likeness (QED) is 0.265. The first-order valence-electron chi connectivity index (χ1n) is 13.6. The van der Waals surface area contributed by atoms with Crippen LogP contribution >= 0.6 is 11.8 Å². The molecule has 0 aromatic heterocycles. The van der Waals surface area contributed by atoms with Gasteiger partial charge in [-0.15, -0.1) is 0 Å². The topological polar surface area (TPSA) is 70.2 Å². The number of carbonyl (C=O) groups excluding carboxylic acids is 3. The van der Waals surface area contributed by atoms with Gasteiger partial charge in [0.15, 0.2) is 0 Å². The second-order valence-corrected chi connectivity index (χ2v) is 11.0. The summed E-state index contributed by atoms with van der Waals surface area (Å²) in [6.07, 6.45) is 1.68. The van der Waals surface area contributed by atoms with Crippen LogP contribution in [0.15, 0.2) is 102 Å². The molecule has 206 valence electrons. The van der Waals surface area contributed by atoms with Crippen molar-refractivity contribution in [2.24, 2.45) is 0 Å². The minimum atomic E-state index is -0.437. The first kappa shape index (κ1) is 26.7. The van der Waals surface area contributed by atoms with Crippen LogP contribution in [0.1, 0.15) is 11.1 Å². The van der Waals surface area contributed by atoms with Gasteiger partial charge in [0, 0.05) is 31.9 Å². The van der Waals surface area contributed by atoms with Crippen LogP contribution in [-0.2, 0) is 16.2 Å². The summed E-state index contributed by atoms with van der Waals surface area (Å²) >= 11 is 0.864. The zero-order valence-electron chi connectivity index (χ0n) is 22.4. The number of anilines is 1. The molecule has 4 aromatic carbocycles. The Morgan fingerprint density at radius 1 is 0.805 bits per heavy atom. The number of benzene rings is 4. The molecule has 0 bridgehead atoms. The fraction of sp³-hybridized carbons (Fsp3) is 0.182. The molecule has 0 spiro atoms. The van der Waals surface area contributed by atoms with Crippen molar-refractivity contribution in [2.75, 3.05) is 37.6 Å². The molecule has 2 aliphatic heterocycles. The first-order chi connectivity index (χ1) is 20.0. The second kappa shape index (κ2) is 11.9. The standard InChI is InChI=1S/C33H29N3O4S/c37-31(35-19-17-34(18-20-35)27-10-2-1-3-11-27)22-36-32(38)30(41-33(36)39)21-24-13-15-28(16-14-24)40-23-26-9-6-8-25-7-4-5-12-29(25)26/h1-16,21H,17-20,22-23H2/b30-21+. The predicted molar refractivity (Wildman–Crippen MR) is 163 cm³/mol. The fourth-order valence-electron chi connectivity index (χ4n) is 5.12. The number of fused-ring (bicyclic) bond motifs is 1. The monoisotopic (exact) mass is 563 g/mol. The van der Waals surface area contributed by atoms with Crippen LogP contribution in [0.5, 0.6) is 5.75 Å². The average Bonchev–Trinajstić information content (AvgIpc) is 3.28. The predicted octanol–water partition coefficient (Wildman–Crippen LogP) is 5.80. The van der Waals surface area contributed by atoms with E-state index in [1.54, 1.807) is 11.0 Å². The Morgan fingerprint density at radius 2 is 1.51 bits per heavy atom. The molecule has 0 saturated carbocycles. The maximum atomic E-state index is 13.0. The summed E-state index contributed by atoms with van der Waals surface area (Å²) in [5.74, 6) is 0.0580. The zero-order chi connectivity index (χ0) is 28.2. The van der Waals surface area contributed by atoms with E-state index in [1.807, 2.05) is 60.7 Å². The molecular weight excluding hydrogens is 534 g/mol. The Hall–Kier alpha value is -4.56.